The number of ketones is 2. The highest BCUT2D eigenvalue weighted by atomic mass is 32.1. The van der Waals surface area contributed by atoms with Crippen LogP contribution >= 0.6 is 11.3 Å². The van der Waals surface area contributed by atoms with E-state index in [2.05, 4.69) is 15.6 Å². The summed E-state index contributed by atoms with van der Waals surface area (Å²) < 4.78 is 7.73. The van der Waals surface area contributed by atoms with E-state index in [1.54, 1.807) is 29.5 Å². The zero-order chi connectivity index (χ0) is 35.7. The van der Waals surface area contributed by atoms with Gasteiger partial charge in [0.2, 0.25) is 11.8 Å². The number of carbonyl (C=O) groups excluding carboxylic acids is 5. The quantitative estimate of drug-likeness (QED) is 0.232. The second-order valence-corrected chi connectivity index (χ2v) is 14.3. The summed E-state index contributed by atoms with van der Waals surface area (Å²) in [6.45, 7) is 12.0. The fourth-order valence-electron chi connectivity index (χ4n) is 6.05. The molecule has 0 radical (unpaired) electrons. The van der Waals surface area contributed by atoms with Crippen LogP contribution in [0.15, 0.2) is 35.7 Å². The van der Waals surface area contributed by atoms with Crippen LogP contribution in [0.3, 0.4) is 0 Å². The van der Waals surface area contributed by atoms with Crippen LogP contribution in [-0.4, -0.2) is 88.9 Å². The fourth-order valence-corrected chi connectivity index (χ4v) is 6.80. The van der Waals surface area contributed by atoms with E-state index in [0.717, 1.165) is 36.3 Å². The number of amides is 3. The average Bonchev–Trinajstić information content (AvgIpc) is 3.72. The standard InChI is InChI=1S/C36H53N5O5S/c1-9-23(4)32(39-34(45)29-16-13-17-40(29)7)36(46)41(8)30(22(2)3)20-31(43)35-38-28(21-47-35)33(44)37-27(18-24(5)25(6)42)19-26-14-11-10-12-15-26/h10-12,14-15,21-24,27,29-30,32H,9,13,16-20H2,1-8H3,(H,37,44)(H,39,45)/i10T. The number of thiazole rings is 1. The van der Waals surface area contributed by atoms with Gasteiger partial charge in [-0.05, 0) is 63.6 Å². The minimum absolute atomic E-state index is 0.0196. The maximum atomic E-state index is 13.9. The zero-order valence-corrected chi connectivity index (χ0v) is 30.0. The Kier molecular flexibility index (Phi) is 13.7. The van der Waals surface area contributed by atoms with Crippen LogP contribution in [0.25, 0.3) is 0 Å². The van der Waals surface area contributed by atoms with E-state index in [1.165, 1.54) is 6.92 Å². The molecule has 0 spiro atoms. The molecule has 6 unspecified atom stereocenters. The Morgan fingerprint density at radius 1 is 1.13 bits per heavy atom. The predicted octanol–water partition coefficient (Wildman–Crippen LogP) is 4.78. The lowest BCUT2D eigenvalue weighted by atomic mass is 9.93. The number of likely N-dealkylation sites (tertiary alicyclic amines) is 1. The Morgan fingerprint density at radius 2 is 1.81 bits per heavy atom. The molecule has 0 bridgehead atoms. The predicted molar refractivity (Wildman–Crippen MR) is 185 cm³/mol. The lowest BCUT2D eigenvalue weighted by Gasteiger charge is -2.36. The van der Waals surface area contributed by atoms with Crippen molar-refractivity contribution in [1.82, 2.24) is 25.4 Å². The number of likely N-dealkylation sites (N-methyl/N-ethyl adjacent to an activating group) is 2. The third kappa shape index (κ3) is 10.5. The van der Waals surface area contributed by atoms with Crippen LogP contribution in [0.1, 0.15) is 101 Å². The first kappa shape index (κ1) is 36.4. The third-order valence-corrected chi connectivity index (χ3v) is 10.4. The molecular formula is C36H53N5O5S. The summed E-state index contributed by atoms with van der Waals surface area (Å²) in [7, 11) is 3.61. The molecule has 1 aromatic heterocycles. The molecule has 1 saturated heterocycles. The molecule has 3 amide bonds. The first-order valence-corrected chi connectivity index (χ1v) is 17.6. The summed E-state index contributed by atoms with van der Waals surface area (Å²) >= 11 is 1.09. The number of Topliss-reactive ketones (excluding diaryl/α,β-unsaturated/α-hetero) is 2. The van der Waals surface area contributed by atoms with Gasteiger partial charge in [0.05, 0.1) is 7.41 Å². The minimum atomic E-state index is -0.711. The molecule has 1 aromatic carbocycles. The molecule has 47 heavy (non-hydrogen) atoms. The van der Waals surface area contributed by atoms with Crippen LogP contribution in [0.5, 0.6) is 0 Å². The molecule has 2 aromatic rings. The number of aromatic nitrogens is 1. The monoisotopic (exact) mass is 669 g/mol. The molecule has 6 atom stereocenters. The smallest absolute Gasteiger partial charge is 0.271 e. The van der Waals surface area contributed by atoms with Gasteiger partial charge in [-0.15, -0.1) is 11.3 Å². The summed E-state index contributed by atoms with van der Waals surface area (Å²) in [5.74, 6) is -1.47. The molecule has 11 heteroatoms. The van der Waals surface area contributed by atoms with E-state index in [9.17, 15) is 24.0 Å². The second-order valence-electron chi connectivity index (χ2n) is 13.5. The van der Waals surface area contributed by atoms with Crippen molar-refractivity contribution in [3.8, 4) is 0 Å². The van der Waals surface area contributed by atoms with E-state index in [-0.39, 0.29) is 70.3 Å². The molecule has 0 saturated carbocycles. The van der Waals surface area contributed by atoms with Crippen LogP contribution in [0, 0.1) is 17.8 Å². The normalized spacial score (nSPS) is 18.5. The highest BCUT2D eigenvalue weighted by Crippen LogP contribution is 2.23. The first-order valence-electron chi connectivity index (χ1n) is 17.3. The van der Waals surface area contributed by atoms with Crippen molar-refractivity contribution >= 4 is 40.6 Å². The summed E-state index contributed by atoms with van der Waals surface area (Å²) in [6.07, 6.45) is 3.33. The van der Waals surface area contributed by atoms with E-state index in [0.29, 0.717) is 25.3 Å². The Balaban J connectivity index is 1.71. The molecule has 1 fully saturated rings. The summed E-state index contributed by atoms with van der Waals surface area (Å²) in [6, 6.07) is 5.66. The van der Waals surface area contributed by atoms with Gasteiger partial charge in [0.25, 0.3) is 5.91 Å². The highest BCUT2D eigenvalue weighted by molar-refractivity contribution is 7.11. The van der Waals surface area contributed by atoms with Gasteiger partial charge < -0.3 is 15.5 Å². The van der Waals surface area contributed by atoms with Gasteiger partial charge in [0.1, 0.15) is 17.5 Å². The third-order valence-electron chi connectivity index (χ3n) is 9.52. The van der Waals surface area contributed by atoms with E-state index >= 15 is 0 Å². The Bertz CT molecular complexity index is 1430. The summed E-state index contributed by atoms with van der Waals surface area (Å²) in [5.41, 5.74) is 1.05. The van der Waals surface area contributed by atoms with Crippen LogP contribution in [0.4, 0.5) is 0 Å². The molecular weight excluding hydrogens is 614 g/mol. The Labute approximate surface area is 285 Å². The summed E-state index contributed by atoms with van der Waals surface area (Å²) in [5, 5.41) is 7.76. The van der Waals surface area contributed by atoms with Crippen molar-refractivity contribution in [2.24, 2.45) is 17.8 Å². The van der Waals surface area contributed by atoms with Crippen LogP contribution < -0.4 is 10.6 Å². The second kappa shape index (κ2) is 17.6. The molecule has 2 N–H and O–H groups in total. The van der Waals surface area contributed by atoms with Crippen LogP contribution in [-0.2, 0) is 20.8 Å². The number of carbonyl (C=O) groups is 5. The van der Waals surface area contributed by atoms with Gasteiger partial charge in [-0.25, -0.2) is 4.98 Å². The lowest BCUT2D eigenvalue weighted by Crippen LogP contribution is -2.56. The zero-order valence-electron chi connectivity index (χ0n) is 30.2. The maximum absolute atomic E-state index is 13.9. The van der Waals surface area contributed by atoms with Gasteiger partial charge in [-0.1, -0.05) is 71.3 Å². The van der Waals surface area contributed by atoms with Gasteiger partial charge in [-0.3, -0.25) is 28.9 Å². The van der Waals surface area contributed by atoms with Crippen LogP contribution in [0.2, 0.25) is 0 Å². The molecule has 0 aliphatic carbocycles. The van der Waals surface area contributed by atoms with E-state index in [1.807, 2.05) is 58.7 Å². The van der Waals surface area contributed by atoms with Gasteiger partial charge >= 0.3 is 0 Å². The molecule has 1 aliphatic rings. The number of benzene rings is 1. The first-order chi connectivity index (χ1) is 22.6. The van der Waals surface area contributed by atoms with E-state index in [4.69, 9.17) is 1.37 Å². The SMILES string of the molecule is [3H]c1ccc(CC(CC(C)C(C)=O)NC(=O)c2csc(C(=O)CC(C(C)C)N(C)C(=O)C(NC(=O)C3CCCN3C)C(C)CC)n2)cc1. The lowest BCUT2D eigenvalue weighted by molar-refractivity contribution is -0.140. The Hall–Kier alpha value is -3.44. The number of hydrogen-bond acceptors (Lipinski definition) is 8. The van der Waals surface area contributed by atoms with Crippen molar-refractivity contribution in [2.45, 2.75) is 104 Å². The number of hydrogen-bond donors (Lipinski definition) is 2. The Morgan fingerprint density at radius 3 is 2.38 bits per heavy atom. The largest absolute Gasteiger partial charge is 0.348 e. The molecule has 2 heterocycles. The molecule has 258 valence electrons. The van der Waals surface area contributed by atoms with E-state index < -0.39 is 18.0 Å². The fraction of sp³-hybridized carbons (Fsp3) is 0.611. The van der Waals surface area contributed by atoms with Gasteiger partial charge in [-0.2, -0.15) is 0 Å². The topological polar surface area (TPSA) is 129 Å². The van der Waals surface area contributed by atoms with Gasteiger partial charge in [0.15, 0.2) is 10.8 Å². The highest BCUT2D eigenvalue weighted by Gasteiger charge is 2.37. The van der Waals surface area contributed by atoms with Crippen molar-refractivity contribution in [3.05, 3.63) is 52.0 Å². The number of rotatable bonds is 17. The van der Waals surface area contributed by atoms with Crippen molar-refractivity contribution < 1.29 is 25.3 Å². The van der Waals surface area contributed by atoms with Gasteiger partial charge in [0, 0.05) is 36.9 Å². The minimum Gasteiger partial charge on any atom is -0.348 e. The molecule has 10 nitrogen and oxygen atoms in total. The van der Waals surface area contributed by atoms with Crippen molar-refractivity contribution in [3.63, 3.8) is 0 Å². The number of nitrogens with zero attached hydrogens (tertiary/aromatic N) is 3. The summed E-state index contributed by atoms with van der Waals surface area (Å²) in [4.78, 5) is 73.9. The maximum Gasteiger partial charge on any atom is 0.271 e. The van der Waals surface area contributed by atoms with Crippen molar-refractivity contribution in [1.29, 1.82) is 0 Å². The van der Waals surface area contributed by atoms with Crippen molar-refractivity contribution in [2.75, 3.05) is 20.6 Å². The molecule has 3 rings (SSSR count). The average molecular weight is 670 g/mol. The number of nitrogens with one attached hydrogen (secondary N) is 2. The molecule has 1 aliphatic heterocycles.